The summed E-state index contributed by atoms with van der Waals surface area (Å²) >= 11 is 1.61. The highest BCUT2D eigenvalue weighted by atomic mass is 32.1. The molecule has 2 heterocycles. The lowest BCUT2D eigenvalue weighted by Gasteiger charge is -2.21. The number of likely N-dealkylation sites (tertiary alicyclic amines) is 1. The van der Waals surface area contributed by atoms with Crippen LogP contribution in [-0.2, 0) is 4.79 Å². The molecule has 1 atom stereocenters. The monoisotopic (exact) mass is 347 g/mol. The molecule has 0 spiro atoms. The number of carbonyl (C=O) groups excluding carboxylic acids is 1. The van der Waals surface area contributed by atoms with Gasteiger partial charge in [-0.2, -0.15) is 0 Å². The van der Waals surface area contributed by atoms with Gasteiger partial charge >= 0.3 is 0 Å². The SMILES string of the molecule is O=C(C[NH+]1CCCCCC1)N[C@H](c1ccc(F)cc1)c1cccs1. The molecular weight excluding hydrogens is 323 g/mol. The number of carbonyl (C=O) groups is 1. The van der Waals surface area contributed by atoms with E-state index in [1.165, 1.54) is 42.7 Å². The zero-order valence-corrected chi connectivity index (χ0v) is 14.6. The summed E-state index contributed by atoms with van der Waals surface area (Å²) in [5, 5.41) is 5.15. The Morgan fingerprint density at radius 3 is 2.46 bits per heavy atom. The maximum Gasteiger partial charge on any atom is 0.275 e. The summed E-state index contributed by atoms with van der Waals surface area (Å²) in [5.74, 6) is -0.196. The molecule has 0 radical (unpaired) electrons. The van der Waals surface area contributed by atoms with Crippen LogP contribution in [0.2, 0.25) is 0 Å². The minimum absolute atomic E-state index is 0.0645. The Morgan fingerprint density at radius 2 is 1.83 bits per heavy atom. The van der Waals surface area contributed by atoms with E-state index in [9.17, 15) is 9.18 Å². The summed E-state index contributed by atoms with van der Waals surface area (Å²) in [6.45, 7) is 2.67. The number of halogens is 1. The Bertz CT molecular complexity index is 634. The first-order valence-corrected chi connectivity index (χ1v) is 9.52. The van der Waals surface area contributed by atoms with Crippen LogP contribution in [0.4, 0.5) is 4.39 Å². The van der Waals surface area contributed by atoms with E-state index in [0.717, 1.165) is 23.5 Å². The highest BCUT2D eigenvalue weighted by Crippen LogP contribution is 2.26. The quantitative estimate of drug-likeness (QED) is 0.856. The zero-order chi connectivity index (χ0) is 16.8. The number of hydrogen-bond donors (Lipinski definition) is 2. The van der Waals surface area contributed by atoms with Gasteiger partial charge in [-0.25, -0.2) is 4.39 Å². The molecule has 1 aliphatic heterocycles. The number of thiophene rings is 1. The van der Waals surface area contributed by atoms with Gasteiger partial charge in [-0.3, -0.25) is 4.79 Å². The van der Waals surface area contributed by atoms with Crippen LogP contribution in [0.15, 0.2) is 41.8 Å². The Balaban J connectivity index is 1.69. The van der Waals surface area contributed by atoms with Gasteiger partial charge in [-0.1, -0.05) is 18.2 Å². The van der Waals surface area contributed by atoms with Crippen molar-refractivity contribution in [3.05, 3.63) is 58.0 Å². The van der Waals surface area contributed by atoms with Crippen molar-refractivity contribution in [3.63, 3.8) is 0 Å². The maximum absolute atomic E-state index is 13.2. The van der Waals surface area contributed by atoms with Crippen molar-refractivity contribution in [1.82, 2.24) is 5.32 Å². The van der Waals surface area contributed by atoms with Gasteiger partial charge in [0.15, 0.2) is 6.54 Å². The molecule has 24 heavy (non-hydrogen) atoms. The molecule has 3 nitrogen and oxygen atoms in total. The number of quaternary nitrogens is 1. The molecule has 2 aromatic rings. The fraction of sp³-hybridized carbons (Fsp3) is 0.421. The van der Waals surface area contributed by atoms with Gasteiger partial charge in [0, 0.05) is 4.88 Å². The van der Waals surface area contributed by atoms with E-state index in [0.29, 0.717) is 6.54 Å². The van der Waals surface area contributed by atoms with Crippen molar-refractivity contribution >= 4 is 17.2 Å². The molecule has 0 saturated carbocycles. The molecule has 1 aromatic carbocycles. The standard InChI is InChI=1S/C19H23FN2OS/c20-16-9-7-15(8-10-16)19(17-6-5-13-24-17)21-18(23)14-22-11-3-1-2-4-12-22/h5-10,13,19H,1-4,11-12,14H2,(H,21,23)/p+1/t19-/m1/s1. The van der Waals surface area contributed by atoms with Gasteiger partial charge in [0.25, 0.3) is 5.91 Å². The Labute approximate surface area is 146 Å². The van der Waals surface area contributed by atoms with Crippen molar-refractivity contribution < 1.29 is 14.1 Å². The van der Waals surface area contributed by atoms with E-state index in [4.69, 9.17) is 0 Å². The molecule has 2 N–H and O–H groups in total. The second kappa shape index (κ2) is 8.40. The average Bonchev–Trinajstić information content (AvgIpc) is 2.99. The summed E-state index contributed by atoms with van der Waals surface area (Å²) in [6, 6.07) is 10.2. The summed E-state index contributed by atoms with van der Waals surface area (Å²) in [6.07, 6.45) is 4.96. The van der Waals surface area contributed by atoms with Crippen LogP contribution in [0, 0.1) is 5.82 Å². The average molecular weight is 347 g/mol. The molecule has 0 bridgehead atoms. The van der Waals surface area contributed by atoms with Crippen LogP contribution in [0.5, 0.6) is 0 Å². The first kappa shape index (κ1) is 17.1. The molecule has 1 amide bonds. The normalized spacial score (nSPS) is 17.2. The van der Waals surface area contributed by atoms with Gasteiger partial charge in [-0.05, 0) is 54.8 Å². The fourth-order valence-corrected chi connectivity index (χ4v) is 4.08. The van der Waals surface area contributed by atoms with Crippen LogP contribution in [-0.4, -0.2) is 25.5 Å². The smallest absolute Gasteiger partial charge is 0.275 e. The topological polar surface area (TPSA) is 33.5 Å². The minimum atomic E-state index is -0.260. The van der Waals surface area contributed by atoms with Gasteiger partial charge < -0.3 is 10.2 Å². The van der Waals surface area contributed by atoms with Crippen LogP contribution >= 0.6 is 11.3 Å². The molecule has 1 fully saturated rings. The zero-order valence-electron chi connectivity index (χ0n) is 13.8. The summed E-state index contributed by atoms with van der Waals surface area (Å²) in [7, 11) is 0. The molecule has 0 unspecified atom stereocenters. The number of nitrogens with one attached hydrogen (secondary N) is 2. The third-order valence-corrected chi connectivity index (χ3v) is 5.49. The van der Waals surface area contributed by atoms with Crippen molar-refractivity contribution in [3.8, 4) is 0 Å². The third-order valence-electron chi connectivity index (χ3n) is 4.56. The predicted octanol–water partition coefficient (Wildman–Crippen LogP) is 2.55. The summed E-state index contributed by atoms with van der Waals surface area (Å²) < 4.78 is 13.2. The highest BCUT2D eigenvalue weighted by Gasteiger charge is 2.21. The third kappa shape index (κ3) is 4.65. The van der Waals surface area contributed by atoms with Crippen molar-refractivity contribution in [1.29, 1.82) is 0 Å². The summed E-state index contributed by atoms with van der Waals surface area (Å²) in [4.78, 5) is 15.0. The van der Waals surface area contributed by atoms with Gasteiger partial charge in [0.05, 0.1) is 19.1 Å². The molecule has 128 valence electrons. The lowest BCUT2D eigenvalue weighted by atomic mass is 10.1. The molecule has 1 saturated heterocycles. The van der Waals surface area contributed by atoms with Crippen LogP contribution in [0.1, 0.15) is 42.2 Å². The summed E-state index contributed by atoms with van der Waals surface area (Å²) in [5.41, 5.74) is 0.915. The van der Waals surface area contributed by atoms with Crippen LogP contribution in [0.3, 0.4) is 0 Å². The van der Waals surface area contributed by atoms with Crippen LogP contribution < -0.4 is 10.2 Å². The number of benzene rings is 1. The lowest BCUT2D eigenvalue weighted by Crippen LogP contribution is -3.13. The largest absolute Gasteiger partial charge is 0.339 e. The van der Waals surface area contributed by atoms with E-state index in [-0.39, 0.29) is 17.8 Å². The van der Waals surface area contributed by atoms with Crippen molar-refractivity contribution in [2.75, 3.05) is 19.6 Å². The second-order valence-corrected chi connectivity index (χ2v) is 7.39. The van der Waals surface area contributed by atoms with Gasteiger partial charge in [0.2, 0.25) is 0 Å². The molecule has 1 aromatic heterocycles. The first-order valence-electron chi connectivity index (χ1n) is 8.64. The molecule has 5 heteroatoms. The number of amides is 1. The highest BCUT2D eigenvalue weighted by molar-refractivity contribution is 7.10. The first-order chi connectivity index (χ1) is 11.7. The second-order valence-electron chi connectivity index (χ2n) is 6.41. The molecule has 0 aliphatic carbocycles. The Kier molecular flexibility index (Phi) is 5.99. The number of rotatable bonds is 5. The fourth-order valence-electron chi connectivity index (χ4n) is 3.27. The molecule has 3 rings (SSSR count). The van der Waals surface area contributed by atoms with Crippen molar-refractivity contribution in [2.24, 2.45) is 0 Å². The van der Waals surface area contributed by atoms with E-state index < -0.39 is 0 Å². The lowest BCUT2D eigenvalue weighted by molar-refractivity contribution is -0.891. The van der Waals surface area contributed by atoms with E-state index >= 15 is 0 Å². The van der Waals surface area contributed by atoms with Gasteiger partial charge in [0.1, 0.15) is 5.82 Å². The van der Waals surface area contributed by atoms with Crippen molar-refractivity contribution in [2.45, 2.75) is 31.7 Å². The predicted molar refractivity (Wildman–Crippen MR) is 94.7 cm³/mol. The Hall–Kier alpha value is -1.72. The Morgan fingerprint density at radius 1 is 1.12 bits per heavy atom. The van der Waals surface area contributed by atoms with Gasteiger partial charge in [-0.15, -0.1) is 11.3 Å². The molecule has 1 aliphatic rings. The number of hydrogen-bond acceptors (Lipinski definition) is 2. The van der Waals surface area contributed by atoms with E-state index in [1.54, 1.807) is 23.5 Å². The van der Waals surface area contributed by atoms with Crippen LogP contribution in [0.25, 0.3) is 0 Å². The van der Waals surface area contributed by atoms with E-state index in [1.807, 2.05) is 17.5 Å². The van der Waals surface area contributed by atoms with E-state index in [2.05, 4.69) is 5.32 Å². The maximum atomic E-state index is 13.2. The molecular formula is C19H24FN2OS+. The minimum Gasteiger partial charge on any atom is -0.339 e.